The molecule has 1 aromatic heterocycles. The van der Waals surface area contributed by atoms with Crippen LogP contribution in [0.4, 0.5) is 0 Å². The number of nitrogens with one attached hydrogen (secondary N) is 1. The largest absolute Gasteiger partial charge is 0.486 e. The Morgan fingerprint density at radius 2 is 2.26 bits per heavy atom. The van der Waals surface area contributed by atoms with E-state index in [4.69, 9.17) is 16.3 Å². The molecule has 0 unspecified atom stereocenters. The van der Waals surface area contributed by atoms with Gasteiger partial charge in [-0.15, -0.1) is 11.3 Å². The highest BCUT2D eigenvalue weighted by molar-refractivity contribution is 7.09. The first-order valence-corrected chi connectivity index (χ1v) is 7.47. The average molecular weight is 297 g/mol. The molecule has 0 aliphatic heterocycles. The van der Waals surface area contributed by atoms with Crippen LogP contribution in [0.25, 0.3) is 0 Å². The number of aromatic nitrogens is 1. The third kappa shape index (κ3) is 4.20. The summed E-state index contributed by atoms with van der Waals surface area (Å²) in [5, 5.41) is 6.95. The minimum Gasteiger partial charge on any atom is -0.486 e. The van der Waals surface area contributed by atoms with Crippen molar-refractivity contribution in [2.75, 3.05) is 6.54 Å². The van der Waals surface area contributed by atoms with Crippen molar-refractivity contribution in [2.24, 2.45) is 0 Å². The summed E-state index contributed by atoms with van der Waals surface area (Å²) < 4.78 is 5.69. The molecule has 0 bridgehead atoms. The lowest BCUT2D eigenvalue weighted by atomic mass is 10.2. The first-order chi connectivity index (χ1) is 9.19. The van der Waals surface area contributed by atoms with Gasteiger partial charge in [-0.25, -0.2) is 4.98 Å². The number of rotatable bonds is 6. The van der Waals surface area contributed by atoms with Gasteiger partial charge in [0.1, 0.15) is 12.4 Å². The first kappa shape index (κ1) is 14.3. The molecule has 0 saturated carbocycles. The summed E-state index contributed by atoms with van der Waals surface area (Å²) in [5.41, 5.74) is 2.10. The van der Waals surface area contributed by atoms with Crippen molar-refractivity contribution in [1.82, 2.24) is 10.3 Å². The second kappa shape index (κ2) is 6.89. The van der Waals surface area contributed by atoms with Crippen LogP contribution in [0.2, 0.25) is 5.02 Å². The zero-order valence-corrected chi connectivity index (χ0v) is 12.6. The van der Waals surface area contributed by atoms with Gasteiger partial charge >= 0.3 is 0 Å². The Hall–Kier alpha value is -1.10. The maximum atomic E-state index is 6.21. The van der Waals surface area contributed by atoms with Crippen LogP contribution < -0.4 is 10.1 Å². The van der Waals surface area contributed by atoms with Crippen molar-refractivity contribution >= 4 is 22.9 Å². The number of halogens is 1. The van der Waals surface area contributed by atoms with E-state index in [-0.39, 0.29) is 0 Å². The van der Waals surface area contributed by atoms with E-state index >= 15 is 0 Å². The van der Waals surface area contributed by atoms with E-state index in [0.29, 0.717) is 17.4 Å². The summed E-state index contributed by atoms with van der Waals surface area (Å²) in [5.74, 6) is 0.701. The lowest BCUT2D eigenvalue weighted by Gasteiger charge is -2.09. The monoisotopic (exact) mass is 296 g/mol. The van der Waals surface area contributed by atoms with E-state index < -0.39 is 0 Å². The molecule has 1 heterocycles. The maximum absolute atomic E-state index is 6.21. The fourth-order valence-corrected chi connectivity index (χ4v) is 2.52. The molecule has 0 amide bonds. The first-order valence-electron chi connectivity index (χ1n) is 6.22. The predicted molar refractivity (Wildman–Crippen MR) is 80.0 cm³/mol. The second-order valence-corrected chi connectivity index (χ2v) is 5.66. The molecule has 1 N–H and O–H groups in total. The number of nitrogens with zero attached hydrogens (tertiary/aromatic N) is 1. The number of hydrogen-bond donors (Lipinski definition) is 1. The van der Waals surface area contributed by atoms with Crippen molar-refractivity contribution < 1.29 is 4.74 Å². The van der Waals surface area contributed by atoms with Gasteiger partial charge < -0.3 is 10.1 Å². The van der Waals surface area contributed by atoms with Gasteiger partial charge in [-0.3, -0.25) is 0 Å². The maximum Gasteiger partial charge on any atom is 0.138 e. The molecule has 2 aromatic rings. The molecule has 2 rings (SSSR count). The predicted octanol–water partition coefficient (Wildman–Crippen LogP) is 3.79. The Kier molecular flexibility index (Phi) is 5.19. The molecule has 19 heavy (non-hydrogen) atoms. The third-order valence-corrected chi connectivity index (χ3v) is 3.74. The van der Waals surface area contributed by atoms with Crippen molar-refractivity contribution in [3.05, 3.63) is 44.9 Å². The van der Waals surface area contributed by atoms with Crippen LogP contribution in [0.5, 0.6) is 5.75 Å². The summed E-state index contributed by atoms with van der Waals surface area (Å²) in [4.78, 5) is 4.35. The quantitative estimate of drug-likeness (QED) is 0.880. The SMILES string of the molecule is CCNCc1ccc(OCc2csc(C)n2)c(Cl)c1. The smallest absolute Gasteiger partial charge is 0.138 e. The minimum atomic E-state index is 0.455. The Labute approximate surface area is 122 Å². The molecule has 0 fully saturated rings. The lowest BCUT2D eigenvalue weighted by molar-refractivity contribution is 0.302. The number of aryl methyl sites for hydroxylation is 1. The highest BCUT2D eigenvalue weighted by Crippen LogP contribution is 2.26. The van der Waals surface area contributed by atoms with Crippen LogP contribution >= 0.6 is 22.9 Å². The van der Waals surface area contributed by atoms with Crippen LogP contribution in [-0.2, 0) is 13.2 Å². The summed E-state index contributed by atoms with van der Waals surface area (Å²) in [6.07, 6.45) is 0. The van der Waals surface area contributed by atoms with Gasteiger partial charge in [-0.05, 0) is 31.2 Å². The van der Waals surface area contributed by atoms with E-state index in [1.165, 1.54) is 0 Å². The summed E-state index contributed by atoms with van der Waals surface area (Å²) in [6.45, 7) is 6.28. The van der Waals surface area contributed by atoms with Gasteiger partial charge in [-0.2, -0.15) is 0 Å². The van der Waals surface area contributed by atoms with Crippen LogP contribution in [-0.4, -0.2) is 11.5 Å². The van der Waals surface area contributed by atoms with Crippen molar-refractivity contribution in [2.45, 2.75) is 27.0 Å². The molecule has 0 aliphatic rings. The number of thiazole rings is 1. The number of hydrogen-bond acceptors (Lipinski definition) is 4. The Morgan fingerprint density at radius 1 is 1.42 bits per heavy atom. The normalized spacial score (nSPS) is 10.7. The number of ether oxygens (including phenoxy) is 1. The van der Waals surface area contributed by atoms with Crippen molar-refractivity contribution in [3.8, 4) is 5.75 Å². The zero-order chi connectivity index (χ0) is 13.7. The molecule has 0 aliphatic carbocycles. The molecule has 0 spiro atoms. The molecule has 0 atom stereocenters. The Balaban J connectivity index is 1.96. The van der Waals surface area contributed by atoms with Crippen LogP contribution in [0.3, 0.4) is 0 Å². The molecule has 1 aromatic carbocycles. The molecule has 0 saturated heterocycles. The summed E-state index contributed by atoms with van der Waals surface area (Å²) >= 11 is 7.83. The van der Waals surface area contributed by atoms with Crippen LogP contribution in [0, 0.1) is 6.92 Å². The van der Waals surface area contributed by atoms with Gasteiger partial charge in [0.25, 0.3) is 0 Å². The van der Waals surface area contributed by atoms with Crippen LogP contribution in [0.1, 0.15) is 23.2 Å². The highest BCUT2D eigenvalue weighted by Gasteiger charge is 2.05. The molecule has 5 heteroatoms. The lowest BCUT2D eigenvalue weighted by Crippen LogP contribution is -2.11. The van der Waals surface area contributed by atoms with Gasteiger partial charge in [0.2, 0.25) is 0 Å². The Morgan fingerprint density at radius 3 is 2.89 bits per heavy atom. The van der Waals surface area contributed by atoms with Gasteiger partial charge in [0.05, 0.1) is 15.7 Å². The standard InChI is InChI=1S/C14H17ClN2OS/c1-3-16-7-11-4-5-14(13(15)6-11)18-8-12-9-19-10(2)17-12/h4-6,9,16H,3,7-8H2,1-2H3. The highest BCUT2D eigenvalue weighted by atomic mass is 35.5. The topological polar surface area (TPSA) is 34.1 Å². The molecule has 3 nitrogen and oxygen atoms in total. The van der Waals surface area contributed by atoms with Crippen molar-refractivity contribution in [1.29, 1.82) is 0 Å². The molecular formula is C14H17ClN2OS. The van der Waals surface area contributed by atoms with E-state index in [1.807, 2.05) is 30.5 Å². The van der Waals surface area contributed by atoms with E-state index in [2.05, 4.69) is 17.2 Å². The van der Waals surface area contributed by atoms with E-state index in [0.717, 1.165) is 29.4 Å². The van der Waals surface area contributed by atoms with E-state index in [1.54, 1.807) is 11.3 Å². The molecule has 102 valence electrons. The molecule has 0 radical (unpaired) electrons. The summed E-state index contributed by atoms with van der Waals surface area (Å²) in [6, 6.07) is 5.87. The van der Waals surface area contributed by atoms with Gasteiger partial charge in [0.15, 0.2) is 0 Å². The van der Waals surface area contributed by atoms with Gasteiger partial charge in [-0.1, -0.05) is 24.6 Å². The van der Waals surface area contributed by atoms with Crippen LogP contribution in [0.15, 0.2) is 23.6 Å². The second-order valence-electron chi connectivity index (χ2n) is 4.19. The van der Waals surface area contributed by atoms with Gasteiger partial charge in [0, 0.05) is 11.9 Å². The number of benzene rings is 1. The zero-order valence-electron chi connectivity index (χ0n) is 11.1. The Bertz CT molecular complexity index is 542. The molecular weight excluding hydrogens is 280 g/mol. The van der Waals surface area contributed by atoms with E-state index in [9.17, 15) is 0 Å². The average Bonchev–Trinajstić information content (AvgIpc) is 2.81. The minimum absolute atomic E-state index is 0.455. The fraction of sp³-hybridized carbons (Fsp3) is 0.357. The fourth-order valence-electron chi connectivity index (χ4n) is 1.67. The summed E-state index contributed by atoms with van der Waals surface area (Å²) in [7, 11) is 0. The van der Waals surface area contributed by atoms with Crippen molar-refractivity contribution in [3.63, 3.8) is 0 Å². The third-order valence-electron chi connectivity index (χ3n) is 2.62.